The van der Waals surface area contributed by atoms with Crippen LogP contribution in [-0.2, 0) is 4.74 Å². The molecule has 3 aromatic rings. The summed E-state index contributed by atoms with van der Waals surface area (Å²) in [5.41, 5.74) is 0.361. The van der Waals surface area contributed by atoms with E-state index >= 15 is 0 Å². The zero-order valence-corrected chi connectivity index (χ0v) is 16.1. The maximum atomic E-state index is 13.4. The van der Waals surface area contributed by atoms with E-state index in [4.69, 9.17) is 4.74 Å². The molecule has 2 aromatic carbocycles. The number of ether oxygens (including phenoxy) is 1. The third kappa shape index (κ3) is 4.13. The lowest BCUT2D eigenvalue weighted by Gasteiger charge is -2.18. The molecule has 0 unspecified atom stereocenters. The third-order valence-electron chi connectivity index (χ3n) is 4.20. The summed E-state index contributed by atoms with van der Waals surface area (Å²) in [6.07, 6.45) is 0. The Kier molecular flexibility index (Phi) is 6.21. The van der Waals surface area contributed by atoms with Crippen molar-refractivity contribution >= 4 is 28.4 Å². The first-order valence-electron chi connectivity index (χ1n) is 8.53. The van der Waals surface area contributed by atoms with Crippen LogP contribution in [0.25, 0.3) is 10.9 Å². The van der Waals surface area contributed by atoms with Gasteiger partial charge in [0.25, 0.3) is 5.56 Å². The Morgan fingerprint density at radius 3 is 2.68 bits per heavy atom. The lowest BCUT2D eigenvalue weighted by molar-refractivity contribution is 0.102. The smallest absolute Gasteiger partial charge is 0.262 e. The number of hydrogen-bond donors (Lipinski definition) is 0. The lowest BCUT2D eigenvalue weighted by Crippen LogP contribution is -2.28. The zero-order chi connectivity index (χ0) is 20.3. The second kappa shape index (κ2) is 8.62. The van der Waals surface area contributed by atoms with Gasteiger partial charge < -0.3 is 4.74 Å². The SMILES string of the molecule is COC[C@H](C)n1c(SCC(=O)c2ccc(F)c(F)c2)nc2ccccc2c1=O. The molecule has 8 heteroatoms. The Labute approximate surface area is 164 Å². The van der Waals surface area contributed by atoms with E-state index < -0.39 is 17.4 Å². The molecule has 0 aliphatic rings. The van der Waals surface area contributed by atoms with Gasteiger partial charge in [0.05, 0.1) is 29.3 Å². The fourth-order valence-corrected chi connectivity index (χ4v) is 3.81. The Bertz CT molecular complexity index is 1080. The fourth-order valence-electron chi connectivity index (χ4n) is 2.81. The van der Waals surface area contributed by atoms with Crippen LogP contribution in [0, 0.1) is 11.6 Å². The van der Waals surface area contributed by atoms with Crippen molar-refractivity contribution in [2.45, 2.75) is 18.1 Å². The van der Waals surface area contributed by atoms with Crippen LogP contribution in [0.15, 0.2) is 52.4 Å². The molecule has 3 rings (SSSR count). The number of benzene rings is 2. The van der Waals surface area contributed by atoms with Crippen molar-refractivity contribution < 1.29 is 18.3 Å². The summed E-state index contributed by atoms with van der Waals surface area (Å²) >= 11 is 1.07. The molecule has 28 heavy (non-hydrogen) atoms. The minimum absolute atomic E-state index is 0.0611. The number of rotatable bonds is 7. The van der Waals surface area contributed by atoms with E-state index in [0.29, 0.717) is 22.7 Å². The van der Waals surface area contributed by atoms with E-state index in [9.17, 15) is 18.4 Å². The first-order valence-corrected chi connectivity index (χ1v) is 9.52. The fraction of sp³-hybridized carbons (Fsp3) is 0.250. The van der Waals surface area contributed by atoms with Gasteiger partial charge in [-0.3, -0.25) is 14.2 Å². The van der Waals surface area contributed by atoms with Crippen LogP contribution in [0.1, 0.15) is 23.3 Å². The minimum atomic E-state index is -1.08. The van der Waals surface area contributed by atoms with E-state index in [0.717, 1.165) is 23.9 Å². The van der Waals surface area contributed by atoms with Crippen molar-refractivity contribution in [3.63, 3.8) is 0 Å². The molecule has 0 spiro atoms. The van der Waals surface area contributed by atoms with Gasteiger partial charge in [-0.25, -0.2) is 13.8 Å². The van der Waals surface area contributed by atoms with Gasteiger partial charge in [0.15, 0.2) is 22.6 Å². The highest BCUT2D eigenvalue weighted by molar-refractivity contribution is 7.99. The van der Waals surface area contributed by atoms with Crippen LogP contribution < -0.4 is 5.56 Å². The maximum Gasteiger partial charge on any atom is 0.262 e. The highest BCUT2D eigenvalue weighted by Crippen LogP contribution is 2.22. The molecule has 0 amide bonds. The number of Topliss-reactive ketones (excluding diaryl/α,β-unsaturated/α-hetero) is 1. The van der Waals surface area contributed by atoms with Crippen LogP contribution >= 0.6 is 11.8 Å². The summed E-state index contributed by atoms with van der Waals surface area (Å²) in [5.74, 6) is -2.56. The molecule has 5 nitrogen and oxygen atoms in total. The number of aromatic nitrogens is 2. The van der Waals surface area contributed by atoms with E-state index in [1.165, 1.54) is 17.7 Å². The zero-order valence-electron chi connectivity index (χ0n) is 15.3. The summed E-state index contributed by atoms with van der Waals surface area (Å²) in [4.78, 5) is 29.8. The van der Waals surface area contributed by atoms with Crippen molar-refractivity contribution in [3.8, 4) is 0 Å². The molecule has 0 bridgehead atoms. The van der Waals surface area contributed by atoms with E-state index in [1.54, 1.807) is 24.3 Å². The number of carbonyl (C=O) groups excluding carboxylic acids is 1. The van der Waals surface area contributed by atoms with E-state index in [-0.39, 0.29) is 22.9 Å². The molecule has 0 fully saturated rings. The van der Waals surface area contributed by atoms with Crippen LogP contribution in [0.4, 0.5) is 8.78 Å². The summed E-state index contributed by atoms with van der Waals surface area (Å²) in [5, 5.41) is 0.839. The number of halogens is 2. The van der Waals surface area contributed by atoms with Crippen molar-refractivity contribution in [2.75, 3.05) is 19.5 Å². The number of ketones is 1. The van der Waals surface area contributed by atoms with Crippen LogP contribution in [0.5, 0.6) is 0 Å². The number of para-hydroxylation sites is 1. The predicted octanol–water partition coefficient (Wildman–Crippen LogP) is 3.86. The summed E-state index contributed by atoms with van der Waals surface area (Å²) < 4.78 is 33.1. The number of carbonyl (C=O) groups is 1. The highest BCUT2D eigenvalue weighted by atomic mass is 32.2. The largest absolute Gasteiger partial charge is 0.383 e. The second-order valence-corrected chi connectivity index (χ2v) is 7.17. The average molecular weight is 404 g/mol. The van der Waals surface area contributed by atoms with E-state index in [1.807, 2.05) is 6.92 Å². The number of fused-ring (bicyclic) bond motifs is 1. The molecule has 1 atom stereocenters. The predicted molar refractivity (Wildman–Crippen MR) is 104 cm³/mol. The first-order chi connectivity index (χ1) is 13.4. The monoisotopic (exact) mass is 404 g/mol. The quantitative estimate of drug-likeness (QED) is 0.340. The van der Waals surface area contributed by atoms with Gasteiger partial charge in [-0.15, -0.1) is 0 Å². The number of hydrogen-bond acceptors (Lipinski definition) is 5. The van der Waals surface area contributed by atoms with Gasteiger partial charge in [0.1, 0.15) is 0 Å². The van der Waals surface area contributed by atoms with Gasteiger partial charge in [-0.05, 0) is 37.3 Å². The maximum absolute atomic E-state index is 13.4. The summed E-state index contributed by atoms with van der Waals surface area (Å²) in [6, 6.07) is 9.68. The Morgan fingerprint density at radius 2 is 1.96 bits per heavy atom. The topological polar surface area (TPSA) is 61.2 Å². The second-order valence-electron chi connectivity index (χ2n) is 6.23. The van der Waals surface area contributed by atoms with E-state index in [2.05, 4.69) is 4.98 Å². The van der Waals surface area contributed by atoms with Gasteiger partial charge in [-0.2, -0.15) is 0 Å². The van der Waals surface area contributed by atoms with Crippen molar-refractivity contribution in [3.05, 3.63) is 70.0 Å². The summed E-state index contributed by atoms with van der Waals surface area (Å²) in [7, 11) is 1.54. The molecule has 0 saturated carbocycles. The Hall–Kier alpha value is -2.58. The summed E-state index contributed by atoms with van der Waals surface area (Å²) in [6.45, 7) is 2.12. The Balaban J connectivity index is 1.94. The average Bonchev–Trinajstić information content (AvgIpc) is 2.68. The first kappa shape index (κ1) is 20.2. The lowest BCUT2D eigenvalue weighted by atomic mass is 10.1. The van der Waals surface area contributed by atoms with Crippen LogP contribution in [0.2, 0.25) is 0 Å². The molecule has 0 aliphatic carbocycles. The molecule has 1 aromatic heterocycles. The number of methoxy groups -OCH3 is 1. The van der Waals surface area contributed by atoms with Crippen molar-refractivity contribution in [1.82, 2.24) is 9.55 Å². The molecular formula is C20H18F2N2O3S. The molecular weight excluding hydrogens is 386 g/mol. The highest BCUT2D eigenvalue weighted by Gasteiger charge is 2.18. The van der Waals surface area contributed by atoms with Gasteiger partial charge in [0, 0.05) is 12.7 Å². The molecule has 0 saturated heterocycles. The van der Waals surface area contributed by atoms with Crippen molar-refractivity contribution in [1.29, 1.82) is 0 Å². The van der Waals surface area contributed by atoms with Gasteiger partial charge in [-0.1, -0.05) is 23.9 Å². The molecule has 146 valence electrons. The van der Waals surface area contributed by atoms with Crippen LogP contribution in [0.3, 0.4) is 0 Å². The normalized spacial score (nSPS) is 12.3. The molecule has 1 heterocycles. The minimum Gasteiger partial charge on any atom is -0.383 e. The Morgan fingerprint density at radius 1 is 1.21 bits per heavy atom. The standard InChI is InChI=1S/C20H18F2N2O3S/c1-12(10-27-2)24-19(26)14-5-3-4-6-17(14)23-20(24)28-11-18(25)13-7-8-15(21)16(22)9-13/h3-9,12H,10-11H2,1-2H3/t12-/m0/s1. The van der Waals surface area contributed by atoms with Gasteiger partial charge >= 0.3 is 0 Å². The molecule has 0 radical (unpaired) electrons. The number of thioether (sulfide) groups is 1. The molecule has 0 N–H and O–H groups in total. The van der Waals surface area contributed by atoms with Crippen molar-refractivity contribution in [2.24, 2.45) is 0 Å². The number of nitrogens with zero attached hydrogens (tertiary/aromatic N) is 2. The third-order valence-corrected chi connectivity index (χ3v) is 5.15. The van der Waals surface area contributed by atoms with Crippen LogP contribution in [-0.4, -0.2) is 34.8 Å². The van der Waals surface area contributed by atoms with Gasteiger partial charge in [0.2, 0.25) is 0 Å². The molecule has 0 aliphatic heterocycles.